The summed E-state index contributed by atoms with van der Waals surface area (Å²) in [4.78, 5) is 22.2. The molecule has 1 aliphatic rings. The molecule has 2 heterocycles. The Morgan fingerprint density at radius 3 is 2.76 bits per heavy atom. The number of aliphatic hydroxyl groups is 3. The molecule has 1 amide bonds. The minimum Gasteiger partial charge on any atom is -0.508 e. The molecule has 4 unspecified atom stereocenters. The molecule has 1 aliphatic carbocycles. The second kappa shape index (κ2) is 12.7. The molecule has 0 radical (unpaired) electrons. The fourth-order valence-electron chi connectivity index (χ4n) is 4.49. The molecule has 6 N–H and O–H groups in total. The molecule has 1 aromatic carbocycles. The topological polar surface area (TPSA) is 179 Å². The number of phenols is 1. The van der Waals surface area contributed by atoms with Crippen LogP contribution in [0, 0.1) is 5.92 Å². The average Bonchev–Trinajstić information content (AvgIpc) is 3.46. The SMILES string of the molecule is CCCCNc1nc(SCCC)nc2c1nnn2C1C[C@H](C(=O)NCC(O)c2cccc(O)c2)C(O)C1O. The lowest BCUT2D eigenvalue weighted by Gasteiger charge is -2.18. The lowest BCUT2D eigenvalue weighted by Crippen LogP contribution is -2.39. The molecule has 1 fully saturated rings. The molecule has 0 aliphatic heterocycles. The number of nitrogens with zero attached hydrogens (tertiary/aromatic N) is 5. The van der Waals surface area contributed by atoms with Crippen LogP contribution >= 0.6 is 11.8 Å². The minimum absolute atomic E-state index is 0.00824. The number of carbonyl (C=O) groups excluding carboxylic acids is 1. The van der Waals surface area contributed by atoms with E-state index in [0.29, 0.717) is 27.7 Å². The van der Waals surface area contributed by atoms with Crippen molar-refractivity contribution < 1.29 is 25.2 Å². The number of hydrogen-bond acceptors (Lipinski definition) is 11. The van der Waals surface area contributed by atoms with E-state index in [2.05, 4.69) is 44.8 Å². The summed E-state index contributed by atoms with van der Waals surface area (Å²) in [5.74, 6) is -0.0180. The van der Waals surface area contributed by atoms with Crippen molar-refractivity contribution in [1.82, 2.24) is 30.3 Å². The van der Waals surface area contributed by atoms with E-state index in [-0.39, 0.29) is 18.7 Å². The van der Waals surface area contributed by atoms with Crippen molar-refractivity contribution in [3.05, 3.63) is 29.8 Å². The molecule has 13 heteroatoms. The normalized spacial score (nSPS) is 22.0. The van der Waals surface area contributed by atoms with Gasteiger partial charge in [-0.1, -0.05) is 49.4 Å². The van der Waals surface area contributed by atoms with Gasteiger partial charge in [0.25, 0.3) is 0 Å². The van der Waals surface area contributed by atoms with Gasteiger partial charge in [0.15, 0.2) is 22.1 Å². The van der Waals surface area contributed by atoms with Crippen molar-refractivity contribution >= 4 is 34.7 Å². The maximum absolute atomic E-state index is 12.9. The number of benzene rings is 1. The summed E-state index contributed by atoms with van der Waals surface area (Å²) in [7, 11) is 0. The van der Waals surface area contributed by atoms with Crippen molar-refractivity contribution in [1.29, 1.82) is 0 Å². The summed E-state index contributed by atoms with van der Waals surface area (Å²) in [5, 5.41) is 56.6. The molecule has 1 saturated carbocycles. The van der Waals surface area contributed by atoms with E-state index in [9.17, 15) is 25.2 Å². The largest absolute Gasteiger partial charge is 0.508 e. The first-order valence-electron chi connectivity index (χ1n) is 12.9. The van der Waals surface area contributed by atoms with Crippen LogP contribution in [0.15, 0.2) is 29.4 Å². The van der Waals surface area contributed by atoms with Crippen LogP contribution < -0.4 is 10.6 Å². The molecule has 5 atom stereocenters. The Morgan fingerprint density at radius 2 is 2.03 bits per heavy atom. The van der Waals surface area contributed by atoms with Crippen molar-refractivity contribution in [3.8, 4) is 5.75 Å². The van der Waals surface area contributed by atoms with E-state index >= 15 is 0 Å². The number of aliphatic hydroxyl groups excluding tert-OH is 3. The van der Waals surface area contributed by atoms with Gasteiger partial charge in [-0.3, -0.25) is 4.79 Å². The molecule has 12 nitrogen and oxygen atoms in total. The molecule has 0 spiro atoms. The van der Waals surface area contributed by atoms with E-state index in [1.807, 2.05) is 0 Å². The Morgan fingerprint density at radius 1 is 1.21 bits per heavy atom. The van der Waals surface area contributed by atoms with Gasteiger partial charge in [-0.15, -0.1) is 5.10 Å². The lowest BCUT2D eigenvalue weighted by atomic mass is 10.0. The number of fused-ring (bicyclic) bond motifs is 1. The minimum atomic E-state index is -1.34. The Kier molecular flexibility index (Phi) is 9.36. The number of aromatic hydroxyl groups is 1. The van der Waals surface area contributed by atoms with E-state index in [4.69, 9.17) is 0 Å². The highest BCUT2D eigenvalue weighted by atomic mass is 32.2. The van der Waals surface area contributed by atoms with Crippen LogP contribution in [-0.4, -0.2) is 82.3 Å². The highest BCUT2D eigenvalue weighted by molar-refractivity contribution is 7.99. The molecular weight excluding hydrogens is 510 g/mol. The van der Waals surface area contributed by atoms with Crippen LogP contribution in [0.25, 0.3) is 11.2 Å². The Bertz CT molecular complexity index is 1240. The number of anilines is 1. The van der Waals surface area contributed by atoms with Gasteiger partial charge in [0.05, 0.1) is 24.2 Å². The predicted molar refractivity (Wildman–Crippen MR) is 143 cm³/mol. The lowest BCUT2D eigenvalue weighted by molar-refractivity contribution is -0.129. The fourth-order valence-corrected chi connectivity index (χ4v) is 5.18. The summed E-state index contributed by atoms with van der Waals surface area (Å²) in [6.45, 7) is 4.77. The molecule has 38 heavy (non-hydrogen) atoms. The molecule has 206 valence electrons. The Hall–Kier alpha value is -3.00. The first-order chi connectivity index (χ1) is 18.3. The van der Waals surface area contributed by atoms with E-state index < -0.39 is 36.2 Å². The van der Waals surface area contributed by atoms with Crippen LogP contribution in [0.5, 0.6) is 5.75 Å². The Labute approximate surface area is 224 Å². The molecule has 2 aromatic heterocycles. The third-order valence-corrected chi connectivity index (χ3v) is 7.64. The molecule has 0 saturated heterocycles. The van der Waals surface area contributed by atoms with Gasteiger partial charge in [-0.05, 0) is 37.0 Å². The number of hydrogen-bond donors (Lipinski definition) is 6. The highest BCUT2D eigenvalue weighted by Gasteiger charge is 2.47. The highest BCUT2D eigenvalue weighted by Crippen LogP contribution is 2.37. The first kappa shape index (κ1) is 28.0. The third-order valence-electron chi connectivity index (χ3n) is 6.59. The number of thioether (sulfide) groups is 1. The zero-order valence-electron chi connectivity index (χ0n) is 21.5. The summed E-state index contributed by atoms with van der Waals surface area (Å²) in [6.07, 6.45) is -0.617. The zero-order valence-corrected chi connectivity index (χ0v) is 22.3. The number of phenolic OH excluding ortho intramolecular Hbond substituents is 1. The van der Waals surface area contributed by atoms with Crippen molar-refractivity contribution in [2.45, 2.75) is 69.0 Å². The van der Waals surface area contributed by atoms with Crippen LogP contribution in [0.1, 0.15) is 57.2 Å². The molecular formula is C25H35N7O5S. The van der Waals surface area contributed by atoms with E-state index in [1.54, 1.807) is 12.1 Å². The number of nitrogens with one attached hydrogen (secondary N) is 2. The zero-order chi connectivity index (χ0) is 27.2. The van der Waals surface area contributed by atoms with Crippen molar-refractivity contribution in [2.24, 2.45) is 5.92 Å². The monoisotopic (exact) mass is 545 g/mol. The summed E-state index contributed by atoms with van der Waals surface area (Å²) in [5.41, 5.74) is 1.34. The molecule has 4 rings (SSSR count). The van der Waals surface area contributed by atoms with Crippen LogP contribution in [-0.2, 0) is 4.79 Å². The number of amides is 1. The quantitative estimate of drug-likeness (QED) is 0.111. The van der Waals surface area contributed by atoms with Crippen LogP contribution in [0.2, 0.25) is 0 Å². The first-order valence-corrected chi connectivity index (χ1v) is 13.9. The van der Waals surface area contributed by atoms with Gasteiger partial charge in [0, 0.05) is 18.8 Å². The van der Waals surface area contributed by atoms with Gasteiger partial charge < -0.3 is 31.1 Å². The maximum Gasteiger partial charge on any atom is 0.226 e. The molecule has 0 bridgehead atoms. The smallest absolute Gasteiger partial charge is 0.226 e. The van der Waals surface area contributed by atoms with Gasteiger partial charge in [-0.25, -0.2) is 14.6 Å². The second-order valence-electron chi connectivity index (χ2n) is 9.44. The maximum atomic E-state index is 12.9. The average molecular weight is 546 g/mol. The second-order valence-corrected chi connectivity index (χ2v) is 10.5. The van der Waals surface area contributed by atoms with Crippen molar-refractivity contribution in [3.63, 3.8) is 0 Å². The predicted octanol–water partition coefficient (Wildman–Crippen LogP) is 1.77. The third kappa shape index (κ3) is 6.17. The van der Waals surface area contributed by atoms with Gasteiger partial charge in [0.2, 0.25) is 5.91 Å². The van der Waals surface area contributed by atoms with Crippen molar-refractivity contribution in [2.75, 3.05) is 24.2 Å². The van der Waals surface area contributed by atoms with Gasteiger partial charge in [0.1, 0.15) is 11.9 Å². The van der Waals surface area contributed by atoms with E-state index in [1.165, 1.54) is 28.6 Å². The number of unbranched alkanes of at least 4 members (excludes halogenated alkanes) is 1. The Balaban J connectivity index is 1.52. The number of carbonyl (C=O) groups is 1. The summed E-state index contributed by atoms with van der Waals surface area (Å²) >= 11 is 1.51. The van der Waals surface area contributed by atoms with Gasteiger partial charge in [-0.2, -0.15) is 0 Å². The van der Waals surface area contributed by atoms with E-state index in [0.717, 1.165) is 31.6 Å². The summed E-state index contributed by atoms with van der Waals surface area (Å²) in [6, 6.07) is 5.40. The number of aromatic nitrogens is 5. The standard InChI is InChI=1S/C25H35N7O5S/c1-3-5-9-26-22-19-23(29-25(28-22)38-10-4-2)32(31-30-19)17-12-16(20(35)21(17)36)24(37)27-13-18(34)14-7-6-8-15(33)11-14/h6-8,11,16-18,20-21,33-36H,3-5,9-10,12-13H2,1-2H3,(H,27,37)(H,26,28,29)/t16-,17?,18?,20?,21?/m0/s1. The fraction of sp³-hybridized carbons (Fsp3) is 0.560. The van der Waals surface area contributed by atoms with Crippen LogP contribution in [0.3, 0.4) is 0 Å². The van der Waals surface area contributed by atoms with Crippen LogP contribution in [0.4, 0.5) is 5.82 Å². The van der Waals surface area contributed by atoms with Gasteiger partial charge >= 0.3 is 0 Å². The number of rotatable bonds is 12. The summed E-state index contributed by atoms with van der Waals surface area (Å²) < 4.78 is 1.47. The molecule has 3 aromatic rings.